The lowest BCUT2D eigenvalue weighted by Crippen LogP contribution is -2.27. The largest absolute Gasteiger partial charge is 0.472 e. The van der Waals surface area contributed by atoms with Gasteiger partial charge in [0.1, 0.15) is 12.7 Å². The van der Waals surface area contributed by atoms with Gasteiger partial charge in [0.2, 0.25) is 5.91 Å². The summed E-state index contributed by atoms with van der Waals surface area (Å²) in [6.45, 7) is 3.23. The summed E-state index contributed by atoms with van der Waals surface area (Å²) in [7, 11) is -4.38. The summed E-state index contributed by atoms with van der Waals surface area (Å²) in [5, 5.41) is 12.4. The molecule has 0 aliphatic carbocycles. The van der Waals surface area contributed by atoms with E-state index in [4.69, 9.17) is 13.8 Å². The number of ether oxygens (including phenoxy) is 1. The molecule has 0 aromatic heterocycles. The van der Waals surface area contributed by atoms with Gasteiger partial charge in [-0.15, -0.1) is 0 Å². The molecule has 34 heavy (non-hydrogen) atoms. The minimum absolute atomic E-state index is 0.0781. The minimum Gasteiger partial charge on any atom is -0.463 e. The number of aliphatic hydroxyl groups is 1. The molecule has 2 atom stereocenters. The third kappa shape index (κ3) is 22.5. The Kier molecular flexibility index (Phi) is 21.4. The van der Waals surface area contributed by atoms with E-state index in [2.05, 4.69) is 24.4 Å². The van der Waals surface area contributed by atoms with Crippen LogP contribution in [0.3, 0.4) is 0 Å². The predicted octanol–water partition coefficient (Wildman–Crippen LogP) is 4.81. The average Bonchev–Trinajstić information content (AvgIpc) is 2.80. The quantitative estimate of drug-likeness (QED) is 0.0777. The molecule has 0 aromatic carbocycles. The van der Waals surface area contributed by atoms with E-state index >= 15 is 0 Å². The molecule has 9 nitrogen and oxygen atoms in total. The molecule has 3 N–H and O–H groups in total. The van der Waals surface area contributed by atoms with Crippen LogP contribution in [0.5, 0.6) is 0 Å². The van der Waals surface area contributed by atoms with Gasteiger partial charge in [0.15, 0.2) is 0 Å². The Morgan fingerprint density at radius 1 is 0.882 bits per heavy atom. The summed E-state index contributed by atoms with van der Waals surface area (Å²) in [4.78, 5) is 32.9. The molecule has 0 rings (SSSR count). The number of phosphoric acid groups is 1. The summed E-state index contributed by atoms with van der Waals surface area (Å²) in [5.41, 5.74) is 0. The van der Waals surface area contributed by atoms with E-state index in [1.54, 1.807) is 0 Å². The van der Waals surface area contributed by atoms with Crippen LogP contribution in [-0.2, 0) is 27.9 Å². The molecule has 0 spiro atoms. The lowest BCUT2D eigenvalue weighted by molar-refractivity contribution is -0.147. The lowest BCUT2D eigenvalue weighted by Gasteiger charge is -2.15. The van der Waals surface area contributed by atoms with Crippen molar-refractivity contribution in [2.75, 3.05) is 26.4 Å². The van der Waals surface area contributed by atoms with Gasteiger partial charge < -0.3 is 20.1 Å². The molecule has 2 unspecified atom stereocenters. The first kappa shape index (κ1) is 32.8. The summed E-state index contributed by atoms with van der Waals surface area (Å²) in [6, 6.07) is 0. The standard InChI is InChI=1S/C24H46NO8P/c1-3-5-7-8-9-10-11-12-13-15-16-23(27)25-18-19-32-34(29,30)33-21-22(26)20-31-24(28)17-14-6-4-2/h7-8,22,26H,3-6,9-21H2,1-2H3,(H,25,27)(H,29,30)/b8-7-. The average molecular weight is 508 g/mol. The normalized spacial score (nSPS) is 14.1. The number of allylic oxidation sites excluding steroid dienone is 2. The van der Waals surface area contributed by atoms with Crippen LogP contribution in [0.15, 0.2) is 12.2 Å². The number of hydrogen-bond acceptors (Lipinski definition) is 7. The van der Waals surface area contributed by atoms with E-state index in [0.717, 1.165) is 57.8 Å². The molecule has 0 saturated heterocycles. The van der Waals surface area contributed by atoms with E-state index in [9.17, 15) is 24.2 Å². The number of hydrogen-bond donors (Lipinski definition) is 3. The number of unbranched alkanes of at least 4 members (excludes halogenated alkanes) is 8. The van der Waals surface area contributed by atoms with Crippen molar-refractivity contribution in [2.24, 2.45) is 0 Å². The van der Waals surface area contributed by atoms with Gasteiger partial charge in [0.05, 0.1) is 13.2 Å². The maximum atomic E-state index is 11.8. The summed E-state index contributed by atoms with van der Waals surface area (Å²) in [6.07, 6.45) is 15.2. The number of nitrogens with one attached hydrogen (secondary N) is 1. The van der Waals surface area contributed by atoms with Gasteiger partial charge in [-0.05, 0) is 32.1 Å². The lowest BCUT2D eigenvalue weighted by atomic mass is 10.1. The number of rotatable bonds is 23. The van der Waals surface area contributed by atoms with Crippen LogP contribution in [0, 0.1) is 0 Å². The second-order valence-electron chi connectivity index (χ2n) is 8.31. The van der Waals surface area contributed by atoms with E-state index in [-0.39, 0.29) is 32.1 Å². The molecule has 200 valence electrons. The van der Waals surface area contributed by atoms with Crippen LogP contribution >= 0.6 is 7.82 Å². The fourth-order valence-corrected chi connectivity index (χ4v) is 3.72. The highest BCUT2D eigenvalue weighted by Gasteiger charge is 2.23. The molecule has 10 heteroatoms. The Morgan fingerprint density at radius 3 is 2.29 bits per heavy atom. The highest BCUT2D eigenvalue weighted by atomic mass is 31.2. The number of carbonyl (C=O) groups is 2. The molecule has 0 radical (unpaired) electrons. The molecule has 0 bridgehead atoms. The molecule has 0 aliphatic heterocycles. The van der Waals surface area contributed by atoms with Crippen LogP contribution in [0.4, 0.5) is 0 Å². The van der Waals surface area contributed by atoms with Crippen LogP contribution in [0.25, 0.3) is 0 Å². The van der Waals surface area contributed by atoms with Gasteiger partial charge in [-0.2, -0.15) is 0 Å². The highest BCUT2D eigenvalue weighted by molar-refractivity contribution is 7.47. The third-order valence-electron chi connectivity index (χ3n) is 4.93. The number of aliphatic hydroxyl groups excluding tert-OH is 1. The maximum Gasteiger partial charge on any atom is 0.472 e. The number of amides is 1. The fraction of sp³-hybridized carbons (Fsp3) is 0.833. The molecule has 0 aliphatic rings. The van der Waals surface area contributed by atoms with Crippen molar-refractivity contribution in [1.29, 1.82) is 0 Å². The first-order valence-corrected chi connectivity index (χ1v) is 14.2. The Balaban J connectivity index is 3.70. The first-order valence-electron chi connectivity index (χ1n) is 12.7. The van der Waals surface area contributed by atoms with Crippen molar-refractivity contribution in [1.82, 2.24) is 5.32 Å². The van der Waals surface area contributed by atoms with Crippen molar-refractivity contribution in [3.05, 3.63) is 12.2 Å². The zero-order chi connectivity index (χ0) is 25.5. The van der Waals surface area contributed by atoms with Gasteiger partial charge in [-0.3, -0.25) is 18.6 Å². The Labute approximate surface area is 205 Å². The topological polar surface area (TPSA) is 131 Å². The molecular weight excluding hydrogens is 461 g/mol. The molecule has 0 saturated carbocycles. The fourth-order valence-electron chi connectivity index (χ4n) is 2.97. The number of phosphoric ester groups is 1. The monoisotopic (exact) mass is 507 g/mol. The maximum absolute atomic E-state index is 11.8. The highest BCUT2D eigenvalue weighted by Crippen LogP contribution is 2.42. The Hall–Kier alpha value is -1.25. The van der Waals surface area contributed by atoms with Crippen molar-refractivity contribution < 1.29 is 37.9 Å². The van der Waals surface area contributed by atoms with Crippen LogP contribution in [0.2, 0.25) is 0 Å². The smallest absolute Gasteiger partial charge is 0.463 e. The minimum atomic E-state index is -4.38. The number of esters is 1. The summed E-state index contributed by atoms with van der Waals surface area (Å²) in [5.74, 6) is -0.558. The van der Waals surface area contributed by atoms with Gasteiger partial charge in [0, 0.05) is 19.4 Å². The van der Waals surface area contributed by atoms with Gasteiger partial charge >= 0.3 is 13.8 Å². The zero-order valence-electron chi connectivity index (χ0n) is 21.0. The summed E-state index contributed by atoms with van der Waals surface area (Å²) >= 11 is 0. The molecule has 0 aromatic rings. The predicted molar refractivity (Wildman–Crippen MR) is 132 cm³/mol. The van der Waals surface area contributed by atoms with E-state index < -0.39 is 26.5 Å². The van der Waals surface area contributed by atoms with Gasteiger partial charge in [-0.1, -0.05) is 64.5 Å². The van der Waals surface area contributed by atoms with Crippen LogP contribution in [-0.4, -0.2) is 54.3 Å². The van der Waals surface area contributed by atoms with E-state index in [1.807, 2.05) is 6.92 Å². The van der Waals surface area contributed by atoms with Crippen molar-refractivity contribution in [3.8, 4) is 0 Å². The van der Waals surface area contributed by atoms with Crippen molar-refractivity contribution in [2.45, 2.75) is 103 Å². The first-order chi connectivity index (χ1) is 16.3. The molecule has 0 fully saturated rings. The van der Waals surface area contributed by atoms with Crippen LogP contribution in [0.1, 0.15) is 97.3 Å². The summed E-state index contributed by atoms with van der Waals surface area (Å²) < 4.78 is 26.2. The van der Waals surface area contributed by atoms with Gasteiger partial charge in [0.25, 0.3) is 0 Å². The van der Waals surface area contributed by atoms with Gasteiger partial charge in [-0.25, -0.2) is 4.57 Å². The van der Waals surface area contributed by atoms with Crippen molar-refractivity contribution >= 4 is 19.7 Å². The SMILES string of the molecule is CCC/C=C\CCCCCCCC(=O)NCCOP(=O)(O)OCC(O)COC(=O)CCCCC. The second-order valence-corrected chi connectivity index (χ2v) is 9.76. The molecule has 0 heterocycles. The van der Waals surface area contributed by atoms with E-state index in [0.29, 0.717) is 6.42 Å². The Morgan fingerprint density at radius 2 is 1.56 bits per heavy atom. The van der Waals surface area contributed by atoms with Crippen molar-refractivity contribution in [3.63, 3.8) is 0 Å². The zero-order valence-corrected chi connectivity index (χ0v) is 21.9. The number of carbonyl (C=O) groups excluding carboxylic acids is 2. The molecular formula is C24H46NO8P. The van der Waals surface area contributed by atoms with E-state index in [1.165, 1.54) is 12.8 Å². The van der Waals surface area contributed by atoms with Crippen LogP contribution < -0.4 is 5.32 Å². The second kappa shape index (κ2) is 22.2. The third-order valence-corrected chi connectivity index (χ3v) is 5.91. The Bertz CT molecular complexity index is 600. The molecule has 1 amide bonds.